The summed E-state index contributed by atoms with van der Waals surface area (Å²) in [7, 11) is 0. The Labute approximate surface area is 184 Å². The van der Waals surface area contributed by atoms with E-state index < -0.39 is 28.8 Å². The standard InChI is InChI=1S/C22H16F2N6O3/c1-12-6-15(9-25)27-19-18(12)20(31)29(11-26-19)10-17-28-30(21(32)33-17)16-7-22(24,8-16)13-2-4-14(23)5-3-13/h2-6,11,16H,7-8,10H2,1H3. The van der Waals surface area contributed by atoms with Gasteiger partial charge in [-0.3, -0.25) is 9.36 Å². The number of hydrogen-bond donors (Lipinski definition) is 0. The van der Waals surface area contributed by atoms with Crippen molar-refractivity contribution < 1.29 is 13.2 Å². The highest BCUT2D eigenvalue weighted by atomic mass is 19.1. The van der Waals surface area contributed by atoms with Gasteiger partial charge in [-0.2, -0.15) is 9.94 Å². The van der Waals surface area contributed by atoms with E-state index >= 15 is 4.39 Å². The SMILES string of the molecule is Cc1cc(C#N)nc2ncn(Cc3nn(C4CC(F)(c5ccc(F)cc5)C4)c(=O)o3)c(=O)c12. The molecule has 0 radical (unpaired) electrons. The lowest BCUT2D eigenvalue weighted by Gasteiger charge is -2.40. The molecule has 1 saturated carbocycles. The molecule has 0 saturated heterocycles. The van der Waals surface area contributed by atoms with Gasteiger partial charge in [0.15, 0.2) is 5.65 Å². The third-order valence-electron chi connectivity index (χ3n) is 5.85. The number of benzene rings is 1. The Hall–Kier alpha value is -4.20. The Bertz CT molecular complexity index is 1540. The Morgan fingerprint density at radius 3 is 2.70 bits per heavy atom. The number of rotatable bonds is 4. The molecule has 0 spiro atoms. The van der Waals surface area contributed by atoms with Crippen LogP contribution in [0.3, 0.4) is 0 Å². The van der Waals surface area contributed by atoms with Crippen LogP contribution in [-0.4, -0.2) is 24.3 Å². The van der Waals surface area contributed by atoms with Crippen LogP contribution in [0.15, 0.2) is 50.7 Å². The van der Waals surface area contributed by atoms with Crippen LogP contribution >= 0.6 is 0 Å². The number of pyridine rings is 1. The average Bonchev–Trinajstić information content (AvgIpc) is 3.13. The van der Waals surface area contributed by atoms with Crippen molar-refractivity contribution in [2.45, 2.75) is 38.0 Å². The second-order valence-electron chi connectivity index (χ2n) is 8.05. The van der Waals surface area contributed by atoms with E-state index in [0.717, 1.165) is 4.68 Å². The molecular weight excluding hydrogens is 434 g/mol. The lowest BCUT2D eigenvalue weighted by molar-refractivity contribution is 0.00174. The summed E-state index contributed by atoms with van der Waals surface area (Å²) in [4.78, 5) is 33.3. The smallest absolute Gasteiger partial charge is 0.390 e. The molecule has 3 aromatic heterocycles. The number of nitriles is 1. The molecule has 33 heavy (non-hydrogen) atoms. The van der Waals surface area contributed by atoms with E-state index in [2.05, 4.69) is 15.1 Å². The highest BCUT2D eigenvalue weighted by Gasteiger charge is 2.48. The molecule has 0 aliphatic heterocycles. The van der Waals surface area contributed by atoms with E-state index in [1.165, 1.54) is 41.2 Å². The second-order valence-corrected chi connectivity index (χ2v) is 8.05. The molecule has 9 nitrogen and oxygen atoms in total. The molecule has 3 heterocycles. The van der Waals surface area contributed by atoms with Crippen molar-refractivity contribution in [2.24, 2.45) is 0 Å². The predicted molar refractivity (Wildman–Crippen MR) is 111 cm³/mol. The second kappa shape index (κ2) is 7.44. The minimum Gasteiger partial charge on any atom is -0.390 e. The van der Waals surface area contributed by atoms with Gasteiger partial charge in [-0.15, -0.1) is 5.10 Å². The lowest BCUT2D eigenvalue weighted by Crippen LogP contribution is -2.41. The van der Waals surface area contributed by atoms with Crippen LogP contribution < -0.4 is 11.3 Å². The van der Waals surface area contributed by atoms with Gasteiger partial charge >= 0.3 is 5.76 Å². The number of aromatic nitrogens is 5. The van der Waals surface area contributed by atoms with E-state index in [4.69, 9.17) is 9.68 Å². The molecule has 1 aliphatic carbocycles. The largest absolute Gasteiger partial charge is 0.437 e. The number of fused-ring (bicyclic) bond motifs is 1. The molecule has 5 rings (SSSR count). The van der Waals surface area contributed by atoms with E-state index in [1.54, 1.807) is 6.92 Å². The van der Waals surface area contributed by atoms with E-state index in [0.29, 0.717) is 11.1 Å². The normalized spacial score (nSPS) is 19.9. The van der Waals surface area contributed by atoms with Crippen LogP contribution in [0.2, 0.25) is 0 Å². The topological polar surface area (TPSA) is 120 Å². The molecule has 11 heteroatoms. The van der Waals surface area contributed by atoms with Crippen molar-refractivity contribution in [3.8, 4) is 6.07 Å². The molecule has 0 unspecified atom stereocenters. The Kier molecular flexibility index (Phi) is 4.67. The molecule has 0 amide bonds. The van der Waals surface area contributed by atoms with Crippen LogP contribution in [-0.2, 0) is 12.2 Å². The summed E-state index contributed by atoms with van der Waals surface area (Å²) >= 11 is 0. The summed E-state index contributed by atoms with van der Waals surface area (Å²) in [6.45, 7) is 1.52. The predicted octanol–water partition coefficient (Wildman–Crippen LogP) is 2.51. The zero-order chi connectivity index (χ0) is 23.3. The maximum atomic E-state index is 15.1. The van der Waals surface area contributed by atoms with Gasteiger partial charge in [-0.1, -0.05) is 12.1 Å². The number of hydrogen-bond acceptors (Lipinski definition) is 7. The molecule has 0 atom stereocenters. The first kappa shape index (κ1) is 20.7. The maximum absolute atomic E-state index is 15.1. The molecular formula is C22H16F2N6O3. The van der Waals surface area contributed by atoms with Gasteiger partial charge in [0.2, 0.25) is 5.89 Å². The van der Waals surface area contributed by atoms with Crippen molar-refractivity contribution in [2.75, 3.05) is 0 Å². The highest BCUT2D eigenvalue weighted by molar-refractivity contribution is 5.77. The average molecular weight is 450 g/mol. The van der Waals surface area contributed by atoms with Gasteiger partial charge in [-0.25, -0.2) is 23.5 Å². The third-order valence-corrected chi connectivity index (χ3v) is 5.85. The minimum atomic E-state index is -1.68. The first-order valence-corrected chi connectivity index (χ1v) is 10.1. The van der Waals surface area contributed by atoms with Crippen LogP contribution in [0.25, 0.3) is 11.0 Å². The van der Waals surface area contributed by atoms with Crippen molar-refractivity contribution in [1.82, 2.24) is 24.3 Å². The van der Waals surface area contributed by atoms with Gasteiger partial charge < -0.3 is 4.42 Å². The lowest BCUT2D eigenvalue weighted by atomic mass is 9.73. The number of halogens is 2. The first-order chi connectivity index (χ1) is 15.8. The van der Waals surface area contributed by atoms with Crippen LogP contribution in [0.5, 0.6) is 0 Å². The summed E-state index contributed by atoms with van der Waals surface area (Å²) < 4.78 is 35.7. The molecule has 1 aromatic carbocycles. The fraction of sp³-hybridized carbons (Fsp3) is 0.273. The Balaban J connectivity index is 1.39. The quantitative estimate of drug-likeness (QED) is 0.469. The fourth-order valence-electron chi connectivity index (χ4n) is 4.12. The van der Waals surface area contributed by atoms with Gasteiger partial charge in [0, 0.05) is 12.8 Å². The van der Waals surface area contributed by atoms with Crippen LogP contribution in [0, 0.1) is 24.1 Å². The van der Waals surface area contributed by atoms with Crippen molar-refractivity contribution in [1.29, 1.82) is 5.26 Å². The summed E-state index contributed by atoms with van der Waals surface area (Å²) in [5, 5.41) is 13.4. The van der Waals surface area contributed by atoms with Crippen LogP contribution in [0.1, 0.15) is 41.6 Å². The number of nitrogens with zero attached hydrogens (tertiary/aromatic N) is 6. The van der Waals surface area contributed by atoms with Crippen molar-refractivity contribution in [3.63, 3.8) is 0 Å². The minimum absolute atomic E-state index is 0.00587. The number of aryl methyl sites for hydroxylation is 1. The summed E-state index contributed by atoms with van der Waals surface area (Å²) in [6.07, 6.45) is 1.23. The summed E-state index contributed by atoms with van der Waals surface area (Å²) in [5.41, 5.74) is -0.912. The maximum Gasteiger partial charge on any atom is 0.437 e. The van der Waals surface area contributed by atoms with Gasteiger partial charge in [-0.05, 0) is 36.2 Å². The molecule has 4 aromatic rings. The third kappa shape index (κ3) is 3.49. The highest BCUT2D eigenvalue weighted by Crippen LogP contribution is 2.50. The van der Waals surface area contributed by atoms with E-state index in [1.807, 2.05) is 6.07 Å². The van der Waals surface area contributed by atoms with Crippen molar-refractivity contribution >= 4 is 11.0 Å². The molecule has 166 valence electrons. The first-order valence-electron chi connectivity index (χ1n) is 10.1. The Morgan fingerprint density at radius 1 is 1.27 bits per heavy atom. The van der Waals surface area contributed by atoms with E-state index in [9.17, 15) is 14.0 Å². The van der Waals surface area contributed by atoms with Gasteiger partial charge in [0.25, 0.3) is 5.56 Å². The summed E-state index contributed by atoms with van der Waals surface area (Å²) in [6, 6.07) is 8.05. The molecule has 0 bridgehead atoms. The Morgan fingerprint density at radius 2 is 2.00 bits per heavy atom. The fourth-order valence-corrected chi connectivity index (χ4v) is 4.12. The van der Waals surface area contributed by atoms with Gasteiger partial charge in [0.1, 0.15) is 36.1 Å². The number of alkyl halides is 1. The zero-order valence-corrected chi connectivity index (χ0v) is 17.3. The van der Waals surface area contributed by atoms with Gasteiger partial charge in [0.05, 0.1) is 11.4 Å². The summed E-state index contributed by atoms with van der Waals surface area (Å²) in [5.74, 6) is -1.24. The molecule has 1 fully saturated rings. The zero-order valence-electron chi connectivity index (χ0n) is 17.3. The molecule has 1 aliphatic rings. The van der Waals surface area contributed by atoms with E-state index in [-0.39, 0.29) is 42.0 Å². The molecule has 0 N–H and O–H groups in total. The van der Waals surface area contributed by atoms with Crippen molar-refractivity contribution in [3.05, 3.63) is 86.1 Å². The van der Waals surface area contributed by atoms with Crippen LogP contribution in [0.4, 0.5) is 8.78 Å². The monoisotopic (exact) mass is 450 g/mol.